The Kier molecular flexibility index (Phi) is 6.91. The highest BCUT2D eigenvalue weighted by atomic mass is 79.9. The molecule has 0 spiro atoms. The van der Waals surface area contributed by atoms with Crippen LogP contribution in [0.1, 0.15) is 57.6 Å². The van der Waals surface area contributed by atoms with Crippen LogP contribution in [-0.4, -0.2) is 29.0 Å². The van der Waals surface area contributed by atoms with Gasteiger partial charge in [0.2, 0.25) is 0 Å². The maximum Gasteiger partial charge on any atom is 0.270 e. The molecule has 2 heterocycles. The van der Waals surface area contributed by atoms with Crippen LogP contribution in [0.5, 0.6) is 0 Å². The molecule has 0 aliphatic carbocycles. The van der Waals surface area contributed by atoms with Gasteiger partial charge in [-0.15, -0.1) is 0 Å². The fraction of sp³-hybridized carbons (Fsp3) is 0.346. The number of anilines is 2. The van der Waals surface area contributed by atoms with Gasteiger partial charge in [-0.2, -0.15) is 0 Å². The van der Waals surface area contributed by atoms with Crippen LogP contribution in [0, 0.1) is 0 Å². The van der Waals surface area contributed by atoms with Gasteiger partial charge in [0.15, 0.2) is 5.11 Å². The van der Waals surface area contributed by atoms with Gasteiger partial charge >= 0.3 is 0 Å². The van der Waals surface area contributed by atoms with Gasteiger partial charge in [-0.05, 0) is 98.4 Å². The maximum atomic E-state index is 13.4. The lowest BCUT2D eigenvalue weighted by molar-refractivity contribution is -0.122. The third-order valence-corrected chi connectivity index (χ3v) is 7.58. The molecule has 178 valence electrons. The molecular weight excluding hydrogens is 534 g/mol. The number of nitrogens with one attached hydrogen (secondary N) is 1. The number of rotatable bonds is 4. The van der Waals surface area contributed by atoms with Crippen molar-refractivity contribution in [1.29, 1.82) is 0 Å². The second kappa shape index (κ2) is 9.44. The zero-order chi connectivity index (χ0) is 24.8. The maximum absolute atomic E-state index is 13.4. The van der Waals surface area contributed by atoms with E-state index in [0.717, 1.165) is 29.5 Å². The first-order valence-corrected chi connectivity index (χ1v) is 12.9. The first kappa shape index (κ1) is 24.9. The van der Waals surface area contributed by atoms with Crippen LogP contribution in [0.3, 0.4) is 0 Å². The molecule has 1 atom stereocenters. The smallest absolute Gasteiger partial charge is 0.270 e. The number of thiocarbonyl (C=S) groups is 1. The number of nitrogens with zero attached hydrogens (tertiary/aromatic N) is 2. The van der Waals surface area contributed by atoms with E-state index in [4.69, 9.17) is 23.8 Å². The molecular formula is C26H27BrClN3O2S. The van der Waals surface area contributed by atoms with Gasteiger partial charge in [0, 0.05) is 27.3 Å². The first-order chi connectivity index (χ1) is 16.0. The predicted octanol–water partition coefficient (Wildman–Crippen LogP) is 6.44. The Balaban J connectivity index is 1.77. The van der Waals surface area contributed by atoms with Gasteiger partial charge < -0.3 is 4.90 Å². The summed E-state index contributed by atoms with van der Waals surface area (Å²) < 4.78 is 0.877. The second-order valence-electron chi connectivity index (χ2n) is 9.44. The van der Waals surface area contributed by atoms with Crippen molar-refractivity contribution in [3.63, 3.8) is 0 Å². The largest absolute Gasteiger partial charge is 0.366 e. The fourth-order valence-electron chi connectivity index (χ4n) is 4.92. The minimum atomic E-state index is -0.529. The number of fused-ring (bicyclic) bond motifs is 1. The molecule has 2 aromatic carbocycles. The summed E-state index contributed by atoms with van der Waals surface area (Å²) in [4.78, 5) is 29.9. The number of hydrogen-bond donors (Lipinski definition) is 1. The number of carbonyl (C=O) groups is 2. The summed E-state index contributed by atoms with van der Waals surface area (Å²) in [6.45, 7) is 9.83. The zero-order valence-electron chi connectivity index (χ0n) is 19.6. The van der Waals surface area contributed by atoms with Crippen molar-refractivity contribution in [3.8, 4) is 0 Å². The fourth-order valence-corrected chi connectivity index (χ4v) is 5.67. The lowest BCUT2D eigenvalue weighted by Gasteiger charge is -2.47. The third-order valence-electron chi connectivity index (χ3n) is 6.44. The molecule has 2 aliphatic rings. The molecule has 5 nitrogen and oxygen atoms in total. The molecule has 4 rings (SSSR count). The van der Waals surface area contributed by atoms with Crippen LogP contribution in [0.2, 0.25) is 5.02 Å². The molecule has 1 unspecified atom stereocenters. The molecule has 8 heteroatoms. The third kappa shape index (κ3) is 4.53. The topological polar surface area (TPSA) is 52.7 Å². The van der Waals surface area contributed by atoms with Gasteiger partial charge in [0.05, 0.1) is 5.69 Å². The van der Waals surface area contributed by atoms with Crippen LogP contribution in [-0.2, 0) is 9.59 Å². The summed E-state index contributed by atoms with van der Waals surface area (Å²) in [5, 5.41) is 3.19. The Morgan fingerprint density at radius 3 is 2.56 bits per heavy atom. The van der Waals surface area contributed by atoms with Gasteiger partial charge in [0.1, 0.15) is 5.57 Å². The van der Waals surface area contributed by atoms with E-state index in [1.54, 1.807) is 18.2 Å². The Morgan fingerprint density at radius 2 is 1.91 bits per heavy atom. The normalized spacial score (nSPS) is 21.1. The van der Waals surface area contributed by atoms with Gasteiger partial charge in [-0.3, -0.25) is 19.8 Å². The minimum Gasteiger partial charge on any atom is -0.366 e. The summed E-state index contributed by atoms with van der Waals surface area (Å²) in [6.07, 6.45) is 3.61. The van der Waals surface area contributed by atoms with Crippen LogP contribution >= 0.6 is 39.7 Å². The second-order valence-corrected chi connectivity index (χ2v) is 11.1. The summed E-state index contributed by atoms with van der Waals surface area (Å²) in [5.41, 5.74) is 3.53. The zero-order valence-corrected chi connectivity index (χ0v) is 22.8. The Bertz CT molecular complexity index is 1210. The molecule has 0 saturated carbocycles. The standard InChI is InChI=1S/C26H27BrClN3O2S/c1-5-10-30-22-13-21(28)16(11-19(22)15(2)14-26(30,3)4)12-20-23(32)29-25(34)31(24(20)33)18-8-6-17(27)7-9-18/h6-9,11-13,15H,5,10,14H2,1-4H3,(H,29,32,34)/b20-12-. The van der Waals surface area contributed by atoms with Crippen LogP contribution < -0.4 is 15.1 Å². The van der Waals surface area contributed by atoms with E-state index in [0.29, 0.717) is 22.2 Å². The lowest BCUT2D eigenvalue weighted by atomic mass is 9.79. The minimum absolute atomic E-state index is 0.00687. The Morgan fingerprint density at radius 1 is 1.24 bits per heavy atom. The predicted molar refractivity (Wildman–Crippen MR) is 147 cm³/mol. The number of hydrogen-bond acceptors (Lipinski definition) is 4. The van der Waals surface area contributed by atoms with Crippen molar-refractivity contribution in [3.05, 3.63) is 62.6 Å². The summed E-state index contributed by atoms with van der Waals surface area (Å²) in [6, 6.07) is 11.2. The molecule has 2 amide bonds. The Labute approximate surface area is 219 Å². The van der Waals surface area contributed by atoms with Crippen LogP contribution in [0.4, 0.5) is 11.4 Å². The van der Waals surface area contributed by atoms with E-state index in [1.165, 1.54) is 10.5 Å². The Hall–Kier alpha value is -2.22. The van der Waals surface area contributed by atoms with Crippen molar-refractivity contribution in [1.82, 2.24) is 5.32 Å². The van der Waals surface area contributed by atoms with E-state index < -0.39 is 11.8 Å². The molecule has 0 radical (unpaired) electrons. The van der Waals surface area contributed by atoms with Crippen LogP contribution in [0.25, 0.3) is 6.08 Å². The highest BCUT2D eigenvalue weighted by molar-refractivity contribution is 9.10. The number of carbonyl (C=O) groups excluding carboxylic acids is 2. The monoisotopic (exact) mass is 559 g/mol. The number of halogens is 2. The van der Waals surface area contributed by atoms with Crippen molar-refractivity contribution >= 4 is 74.1 Å². The van der Waals surface area contributed by atoms with E-state index >= 15 is 0 Å². The highest BCUT2D eigenvalue weighted by Gasteiger charge is 2.37. The van der Waals surface area contributed by atoms with Crippen LogP contribution in [0.15, 0.2) is 46.4 Å². The van der Waals surface area contributed by atoms with E-state index in [1.807, 2.05) is 24.3 Å². The SMILES string of the molecule is CCCN1c2cc(Cl)c(/C=C3/C(=O)NC(=S)N(c4ccc(Br)cc4)C3=O)cc2C(C)CC1(C)C. The molecule has 1 saturated heterocycles. The summed E-state index contributed by atoms with van der Waals surface area (Å²) in [7, 11) is 0. The van der Waals surface area contributed by atoms with Gasteiger partial charge in [0.25, 0.3) is 11.8 Å². The van der Waals surface area contributed by atoms with E-state index in [9.17, 15) is 9.59 Å². The van der Waals surface area contributed by atoms with Gasteiger partial charge in [-0.1, -0.05) is 41.4 Å². The first-order valence-electron chi connectivity index (χ1n) is 11.3. The van der Waals surface area contributed by atoms with Crippen molar-refractivity contribution in [2.45, 2.75) is 52.0 Å². The molecule has 0 bridgehead atoms. The number of amides is 2. The number of benzene rings is 2. The van der Waals surface area contributed by atoms with Crippen molar-refractivity contribution in [2.24, 2.45) is 0 Å². The van der Waals surface area contributed by atoms with Crippen molar-refractivity contribution in [2.75, 3.05) is 16.3 Å². The average molecular weight is 561 g/mol. The molecule has 1 N–H and O–H groups in total. The summed E-state index contributed by atoms with van der Waals surface area (Å²) >= 11 is 15.4. The molecule has 2 aliphatic heterocycles. The molecule has 34 heavy (non-hydrogen) atoms. The molecule has 0 aromatic heterocycles. The quantitative estimate of drug-likeness (QED) is 0.266. The molecule has 1 fully saturated rings. The summed E-state index contributed by atoms with van der Waals surface area (Å²) in [5.74, 6) is -0.694. The average Bonchev–Trinajstić information content (AvgIpc) is 2.75. The van der Waals surface area contributed by atoms with Gasteiger partial charge in [-0.25, -0.2) is 0 Å². The van der Waals surface area contributed by atoms with E-state index in [-0.39, 0.29) is 16.2 Å². The lowest BCUT2D eigenvalue weighted by Crippen LogP contribution is -2.54. The molecule has 2 aromatic rings. The highest BCUT2D eigenvalue weighted by Crippen LogP contribution is 2.45. The van der Waals surface area contributed by atoms with E-state index in [2.05, 4.69) is 53.8 Å². The van der Waals surface area contributed by atoms with Crippen molar-refractivity contribution < 1.29 is 9.59 Å².